The van der Waals surface area contributed by atoms with Gasteiger partial charge in [-0.05, 0) is 31.5 Å². The molecule has 114 valence electrons. The van der Waals surface area contributed by atoms with Crippen LogP contribution in [0.3, 0.4) is 0 Å². The summed E-state index contributed by atoms with van der Waals surface area (Å²) in [4.78, 5) is 24.8. The summed E-state index contributed by atoms with van der Waals surface area (Å²) in [6.45, 7) is 0.660. The molecule has 1 amide bonds. The standard InChI is InChI=1S/C14H19N3O4/c1-21-12-7-9(15)4-5-10(12)16-13(18)8-17-6-2-3-11(17)14(19)20/h4-5,7,11H,2-3,6,8,15H2,1H3,(H,16,18)(H,19,20). The monoisotopic (exact) mass is 293 g/mol. The van der Waals surface area contributed by atoms with Crippen molar-refractivity contribution in [3.05, 3.63) is 18.2 Å². The van der Waals surface area contributed by atoms with E-state index in [-0.39, 0.29) is 12.5 Å². The van der Waals surface area contributed by atoms with Crippen molar-refractivity contribution in [2.45, 2.75) is 18.9 Å². The molecule has 0 radical (unpaired) electrons. The number of ether oxygens (including phenoxy) is 1. The molecule has 0 saturated carbocycles. The van der Waals surface area contributed by atoms with Crippen LogP contribution in [0.5, 0.6) is 5.75 Å². The molecule has 1 aliphatic heterocycles. The van der Waals surface area contributed by atoms with E-state index < -0.39 is 12.0 Å². The molecule has 1 atom stereocenters. The number of aliphatic carboxylic acids is 1. The van der Waals surface area contributed by atoms with E-state index in [4.69, 9.17) is 15.6 Å². The Morgan fingerprint density at radius 3 is 2.95 bits per heavy atom. The van der Waals surface area contributed by atoms with Gasteiger partial charge in [0, 0.05) is 11.8 Å². The Balaban J connectivity index is 2.00. The molecule has 0 aliphatic carbocycles. The van der Waals surface area contributed by atoms with Crippen LogP contribution in [0.1, 0.15) is 12.8 Å². The molecule has 7 nitrogen and oxygen atoms in total. The van der Waals surface area contributed by atoms with Crippen LogP contribution >= 0.6 is 0 Å². The third-order valence-electron chi connectivity index (χ3n) is 3.50. The van der Waals surface area contributed by atoms with E-state index in [1.54, 1.807) is 23.1 Å². The van der Waals surface area contributed by atoms with Crippen LogP contribution in [0.15, 0.2) is 18.2 Å². The summed E-state index contributed by atoms with van der Waals surface area (Å²) < 4.78 is 5.15. The Hall–Kier alpha value is -2.28. The van der Waals surface area contributed by atoms with Crippen molar-refractivity contribution in [1.82, 2.24) is 4.90 Å². The number of hydrogen-bond acceptors (Lipinski definition) is 5. The maximum atomic E-state index is 12.1. The molecule has 0 bridgehead atoms. The molecular formula is C14H19N3O4. The zero-order chi connectivity index (χ0) is 15.4. The number of carbonyl (C=O) groups is 2. The zero-order valence-electron chi connectivity index (χ0n) is 11.8. The summed E-state index contributed by atoms with van der Waals surface area (Å²) in [6.07, 6.45) is 1.36. The molecule has 1 aliphatic rings. The maximum absolute atomic E-state index is 12.1. The molecule has 1 aromatic carbocycles. The molecule has 1 aromatic rings. The molecule has 1 heterocycles. The maximum Gasteiger partial charge on any atom is 0.320 e. The number of anilines is 2. The van der Waals surface area contributed by atoms with Crippen molar-refractivity contribution >= 4 is 23.3 Å². The number of methoxy groups -OCH3 is 1. The molecule has 1 fully saturated rings. The molecule has 2 rings (SSSR count). The third-order valence-corrected chi connectivity index (χ3v) is 3.50. The number of carbonyl (C=O) groups excluding carboxylic acids is 1. The number of amides is 1. The lowest BCUT2D eigenvalue weighted by Gasteiger charge is -2.20. The SMILES string of the molecule is COc1cc(N)ccc1NC(=O)CN1CCCC1C(=O)O. The van der Waals surface area contributed by atoms with E-state index >= 15 is 0 Å². The van der Waals surface area contributed by atoms with E-state index in [1.165, 1.54) is 7.11 Å². The second-order valence-corrected chi connectivity index (χ2v) is 4.97. The Morgan fingerprint density at radius 2 is 2.29 bits per heavy atom. The fourth-order valence-electron chi connectivity index (χ4n) is 2.48. The van der Waals surface area contributed by atoms with Gasteiger partial charge in [0.2, 0.25) is 5.91 Å². The molecule has 21 heavy (non-hydrogen) atoms. The van der Waals surface area contributed by atoms with Crippen molar-refractivity contribution in [2.75, 3.05) is 31.2 Å². The number of carboxylic acid groups (broad SMARTS) is 1. The minimum absolute atomic E-state index is 0.0461. The van der Waals surface area contributed by atoms with E-state index in [9.17, 15) is 9.59 Å². The number of hydrogen-bond donors (Lipinski definition) is 3. The van der Waals surface area contributed by atoms with Gasteiger partial charge in [-0.1, -0.05) is 0 Å². The summed E-state index contributed by atoms with van der Waals surface area (Å²) in [7, 11) is 1.49. The average molecular weight is 293 g/mol. The summed E-state index contributed by atoms with van der Waals surface area (Å²) in [5.41, 5.74) is 6.71. The largest absolute Gasteiger partial charge is 0.494 e. The van der Waals surface area contributed by atoms with E-state index in [0.29, 0.717) is 30.1 Å². The Morgan fingerprint density at radius 1 is 1.52 bits per heavy atom. The van der Waals surface area contributed by atoms with Crippen LogP contribution in [0.2, 0.25) is 0 Å². The van der Waals surface area contributed by atoms with Gasteiger partial charge in [0.15, 0.2) is 0 Å². The van der Waals surface area contributed by atoms with Crippen molar-refractivity contribution in [3.8, 4) is 5.75 Å². The molecule has 7 heteroatoms. The summed E-state index contributed by atoms with van der Waals surface area (Å²) in [6, 6.07) is 4.36. The molecule has 0 aromatic heterocycles. The molecule has 1 unspecified atom stereocenters. The van der Waals surface area contributed by atoms with Gasteiger partial charge in [-0.2, -0.15) is 0 Å². The van der Waals surface area contributed by atoms with Crippen LogP contribution in [0.25, 0.3) is 0 Å². The number of rotatable bonds is 5. The first-order valence-electron chi connectivity index (χ1n) is 6.71. The van der Waals surface area contributed by atoms with Gasteiger partial charge < -0.3 is 20.9 Å². The van der Waals surface area contributed by atoms with Gasteiger partial charge in [0.1, 0.15) is 11.8 Å². The number of nitrogens with zero attached hydrogens (tertiary/aromatic N) is 1. The first-order valence-corrected chi connectivity index (χ1v) is 6.71. The minimum atomic E-state index is -0.884. The summed E-state index contributed by atoms with van der Waals surface area (Å²) >= 11 is 0. The number of carboxylic acids is 1. The molecule has 0 spiro atoms. The number of nitrogens with one attached hydrogen (secondary N) is 1. The molecular weight excluding hydrogens is 274 g/mol. The second-order valence-electron chi connectivity index (χ2n) is 4.97. The average Bonchev–Trinajstić information content (AvgIpc) is 2.89. The number of nitrogen functional groups attached to an aromatic ring is 1. The lowest BCUT2D eigenvalue weighted by molar-refractivity contribution is -0.142. The molecule has 1 saturated heterocycles. The van der Waals surface area contributed by atoms with Crippen LogP contribution in [-0.4, -0.2) is 48.1 Å². The van der Waals surface area contributed by atoms with Gasteiger partial charge in [-0.25, -0.2) is 0 Å². The highest BCUT2D eigenvalue weighted by Crippen LogP contribution is 2.26. The van der Waals surface area contributed by atoms with Crippen molar-refractivity contribution in [2.24, 2.45) is 0 Å². The Labute approximate surface area is 122 Å². The third kappa shape index (κ3) is 3.63. The Kier molecular flexibility index (Phi) is 4.64. The van der Waals surface area contributed by atoms with Crippen molar-refractivity contribution < 1.29 is 19.4 Å². The van der Waals surface area contributed by atoms with Crippen LogP contribution < -0.4 is 15.8 Å². The highest BCUT2D eigenvalue weighted by molar-refractivity contribution is 5.94. The van der Waals surface area contributed by atoms with Gasteiger partial charge in [-0.3, -0.25) is 14.5 Å². The summed E-state index contributed by atoms with van der Waals surface area (Å²) in [5, 5.41) is 11.8. The van der Waals surface area contributed by atoms with Crippen LogP contribution in [-0.2, 0) is 9.59 Å². The van der Waals surface area contributed by atoms with Crippen LogP contribution in [0.4, 0.5) is 11.4 Å². The predicted molar refractivity (Wildman–Crippen MR) is 78.3 cm³/mol. The quantitative estimate of drug-likeness (QED) is 0.692. The van der Waals surface area contributed by atoms with Crippen LogP contribution in [0, 0.1) is 0 Å². The van der Waals surface area contributed by atoms with Gasteiger partial charge in [-0.15, -0.1) is 0 Å². The smallest absolute Gasteiger partial charge is 0.320 e. The highest BCUT2D eigenvalue weighted by atomic mass is 16.5. The number of likely N-dealkylation sites (tertiary alicyclic amines) is 1. The normalized spacial score (nSPS) is 18.4. The lowest BCUT2D eigenvalue weighted by Crippen LogP contribution is -2.40. The highest BCUT2D eigenvalue weighted by Gasteiger charge is 2.31. The first-order chi connectivity index (χ1) is 10.0. The number of benzene rings is 1. The Bertz CT molecular complexity index is 547. The summed E-state index contributed by atoms with van der Waals surface area (Å²) in [5.74, 6) is -0.684. The van der Waals surface area contributed by atoms with Crippen molar-refractivity contribution in [1.29, 1.82) is 0 Å². The van der Waals surface area contributed by atoms with Gasteiger partial charge in [0.05, 0.1) is 19.3 Å². The van der Waals surface area contributed by atoms with E-state index in [0.717, 1.165) is 6.42 Å². The topological polar surface area (TPSA) is 105 Å². The predicted octanol–water partition coefficient (Wildman–Crippen LogP) is 0.765. The second kappa shape index (κ2) is 6.45. The molecule has 4 N–H and O–H groups in total. The van der Waals surface area contributed by atoms with Gasteiger partial charge >= 0.3 is 5.97 Å². The lowest BCUT2D eigenvalue weighted by atomic mass is 10.2. The fraction of sp³-hybridized carbons (Fsp3) is 0.429. The minimum Gasteiger partial charge on any atom is -0.494 e. The first kappa shape index (κ1) is 15.1. The van der Waals surface area contributed by atoms with E-state index in [1.807, 2.05) is 0 Å². The zero-order valence-corrected chi connectivity index (χ0v) is 11.8. The van der Waals surface area contributed by atoms with E-state index in [2.05, 4.69) is 5.32 Å². The number of nitrogens with two attached hydrogens (primary N) is 1. The fourth-order valence-corrected chi connectivity index (χ4v) is 2.48. The van der Waals surface area contributed by atoms with Crippen molar-refractivity contribution in [3.63, 3.8) is 0 Å². The van der Waals surface area contributed by atoms with Gasteiger partial charge in [0.25, 0.3) is 0 Å².